The Morgan fingerprint density at radius 3 is 1.35 bits per heavy atom. The number of rotatable bonds is 9. The van der Waals surface area contributed by atoms with Crippen LogP contribution >= 0.6 is 0 Å². The molecule has 0 amide bonds. The Labute approximate surface area is 559 Å². The van der Waals surface area contributed by atoms with E-state index in [1.165, 1.54) is 49.0 Å². The summed E-state index contributed by atoms with van der Waals surface area (Å²) in [6.45, 7) is 31.9. The fourth-order valence-corrected chi connectivity index (χ4v) is 16.3. The monoisotopic (exact) mass is 1240 g/mol. The van der Waals surface area contributed by atoms with Gasteiger partial charge in [0.25, 0.3) is 0 Å². The molecule has 3 aliphatic rings. The molecule has 12 aromatic rings. The first-order valence-electron chi connectivity index (χ1n) is 33.7. The Bertz CT molecular complexity index is 5190. The Morgan fingerprint density at radius 2 is 0.821 bits per heavy atom. The van der Waals surface area contributed by atoms with Crippen LogP contribution in [0, 0.1) is 0 Å². The van der Waals surface area contributed by atoms with Crippen LogP contribution in [0.5, 0.6) is 0 Å². The second kappa shape index (κ2) is 22.0. The topological polar surface area (TPSA) is 30.4 Å². The van der Waals surface area contributed by atoms with Gasteiger partial charge in [-0.15, -0.1) is 0 Å². The second-order valence-electron chi connectivity index (χ2n) is 30.8. The molecule has 0 radical (unpaired) electrons. The lowest BCUT2D eigenvalue weighted by Crippen LogP contribution is -2.36. The van der Waals surface area contributed by atoms with Crippen molar-refractivity contribution in [1.29, 1.82) is 0 Å². The molecule has 0 N–H and O–H groups in total. The smallest absolute Gasteiger partial charge is 0.455 e. The first-order valence-corrected chi connectivity index (χ1v) is 33.7. The van der Waals surface area contributed by atoms with E-state index in [9.17, 15) is 0 Å². The van der Waals surface area contributed by atoms with Crippen molar-refractivity contribution in [3.8, 4) is 33.5 Å². The van der Waals surface area contributed by atoms with Gasteiger partial charge in [0.1, 0.15) is 11.2 Å². The Morgan fingerprint density at radius 1 is 0.389 bits per heavy atom. The maximum absolute atomic E-state index is 18.5. The van der Waals surface area contributed by atoms with Crippen molar-refractivity contribution in [2.24, 2.45) is 4.99 Å². The number of hydrogen-bond acceptors (Lipinski definition) is 2. The predicted molar refractivity (Wildman–Crippen MR) is 395 cm³/mol. The molecule has 10 aromatic carbocycles. The molecule has 2 aromatic heterocycles. The van der Waals surface area contributed by atoms with Crippen LogP contribution < -0.4 is 0 Å². The molecule has 0 unspecified atom stereocenters. The third-order valence-electron chi connectivity index (χ3n) is 21.5. The normalized spacial score (nSPS) is 16.5. The minimum absolute atomic E-state index is 0.133. The van der Waals surface area contributed by atoms with E-state index in [1.807, 2.05) is 42.5 Å². The fourth-order valence-electron chi connectivity index (χ4n) is 16.3. The molecule has 0 saturated heterocycles. The highest BCUT2D eigenvalue weighted by atomic mass is 19.2. The maximum atomic E-state index is 18.5. The number of halogens is 2. The standard InChI is InChI=1S/C89H81BF2N2O/c1-84(2,3)60-46-40-56(41-47-60)79-75(58-44-50-69-71(52-58)88(11,12)67-37-24-22-35-65(67)86(69,7)8)74(54-28-17-15-18-29-54)80(93-79)78(64-34-27-33-63-62-32-21-26-39-73(62)95-83(63)64)82-76(55-30-19-16-20-31-55)77(81(94(82)90(91)92)57-42-48-61(49-43-57)85(4,5)6)59-45-51-70-72(53-59)89(13,14)68-38-25-23-36-66(68)87(70,9)10/h15-53H,1-14H3/b80-78-. The highest BCUT2D eigenvalue weighted by Gasteiger charge is 2.46. The van der Waals surface area contributed by atoms with E-state index in [0.717, 1.165) is 66.6 Å². The second-order valence-corrected chi connectivity index (χ2v) is 30.8. The lowest BCUT2D eigenvalue weighted by atomic mass is 9.59. The number of hydrogen-bond donors (Lipinski definition) is 0. The van der Waals surface area contributed by atoms with Gasteiger partial charge in [-0.2, -0.15) is 0 Å². The predicted octanol–water partition coefficient (Wildman–Crippen LogP) is 23.6. The summed E-state index contributed by atoms with van der Waals surface area (Å²) >= 11 is 0. The Balaban J connectivity index is 1.16. The van der Waals surface area contributed by atoms with Crippen LogP contribution in [-0.4, -0.2) is 17.6 Å². The number of allylic oxidation sites excluding steroid dienone is 2. The Kier molecular flexibility index (Phi) is 14.2. The summed E-state index contributed by atoms with van der Waals surface area (Å²) in [5.41, 5.74) is 23.1. The van der Waals surface area contributed by atoms with Crippen LogP contribution in [0.2, 0.25) is 0 Å². The summed E-state index contributed by atoms with van der Waals surface area (Å²) in [5, 5.41) is 1.80. The van der Waals surface area contributed by atoms with Crippen molar-refractivity contribution < 1.29 is 13.0 Å². The number of para-hydroxylation sites is 2. The number of fused-ring (bicyclic) bond motifs is 7. The number of benzene rings is 10. The minimum atomic E-state index is -3.07. The van der Waals surface area contributed by atoms with Gasteiger partial charge in [-0.05, 0) is 112 Å². The van der Waals surface area contributed by atoms with E-state index in [2.05, 4.69) is 291 Å². The number of aliphatic imine (C=N–C) groups is 1. The van der Waals surface area contributed by atoms with Crippen molar-refractivity contribution >= 4 is 51.8 Å². The summed E-state index contributed by atoms with van der Waals surface area (Å²) in [6, 6.07) is 83.8. The highest BCUT2D eigenvalue weighted by Crippen LogP contribution is 2.58. The van der Waals surface area contributed by atoms with Gasteiger partial charge in [0.15, 0.2) is 0 Å². The average Bonchev–Trinajstić information content (AvgIpc) is 1.65. The van der Waals surface area contributed by atoms with Crippen LogP contribution in [-0.2, 0) is 32.5 Å². The van der Waals surface area contributed by atoms with Crippen molar-refractivity contribution in [2.45, 2.75) is 129 Å². The Hall–Kier alpha value is -9.65. The van der Waals surface area contributed by atoms with Gasteiger partial charge >= 0.3 is 7.40 Å². The van der Waals surface area contributed by atoms with Gasteiger partial charge < -0.3 is 8.90 Å². The van der Waals surface area contributed by atoms with E-state index in [4.69, 9.17) is 9.41 Å². The molecule has 2 aliphatic carbocycles. The summed E-state index contributed by atoms with van der Waals surface area (Å²) in [7, 11) is -3.07. The van der Waals surface area contributed by atoms with Crippen LogP contribution in [0.3, 0.4) is 0 Å². The van der Waals surface area contributed by atoms with E-state index >= 15 is 8.63 Å². The summed E-state index contributed by atoms with van der Waals surface area (Å²) in [6.07, 6.45) is 0. The number of furan rings is 1. The first-order chi connectivity index (χ1) is 45.3. The van der Waals surface area contributed by atoms with Crippen LogP contribution in [0.25, 0.3) is 72.2 Å². The van der Waals surface area contributed by atoms with Crippen molar-refractivity contribution in [3.63, 3.8) is 0 Å². The molecular formula is C89H81BF2N2O. The van der Waals surface area contributed by atoms with Gasteiger partial charge in [-0.25, -0.2) is 4.99 Å². The highest BCUT2D eigenvalue weighted by molar-refractivity contribution is 6.44. The number of aromatic nitrogens is 1. The molecular weight excluding hydrogens is 1160 g/mol. The molecule has 1 aliphatic heterocycles. The van der Waals surface area contributed by atoms with Crippen molar-refractivity contribution in [2.75, 3.05) is 0 Å². The molecule has 0 fully saturated rings. The van der Waals surface area contributed by atoms with Gasteiger partial charge in [0.05, 0.1) is 17.1 Å². The molecule has 0 saturated carbocycles. The zero-order chi connectivity index (χ0) is 66.5. The molecule has 0 atom stereocenters. The largest absolute Gasteiger partial charge is 0.678 e. The lowest BCUT2D eigenvalue weighted by molar-refractivity contribution is 0.520. The van der Waals surface area contributed by atoms with Crippen molar-refractivity contribution in [1.82, 2.24) is 4.48 Å². The van der Waals surface area contributed by atoms with Crippen LogP contribution in [0.4, 0.5) is 8.63 Å². The lowest BCUT2D eigenvalue weighted by Gasteiger charge is -2.44. The molecule has 0 spiro atoms. The third-order valence-corrected chi connectivity index (χ3v) is 21.5. The fraction of sp³-hybridized carbons (Fsp3) is 0.225. The summed E-state index contributed by atoms with van der Waals surface area (Å²) in [4.78, 5) is 6.19. The molecule has 470 valence electrons. The average molecular weight is 1240 g/mol. The number of nitrogens with zero attached hydrogens (tertiary/aromatic N) is 2. The molecule has 3 heterocycles. The minimum Gasteiger partial charge on any atom is -0.455 e. The van der Waals surface area contributed by atoms with E-state index in [1.54, 1.807) is 0 Å². The van der Waals surface area contributed by atoms with Gasteiger partial charge in [0.2, 0.25) is 0 Å². The third kappa shape index (κ3) is 9.66. The van der Waals surface area contributed by atoms with E-state index in [0.29, 0.717) is 56.1 Å². The van der Waals surface area contributed by atoms with Gasteiger partial charge in [0, 0.05) is 77.1 Å². The maximum Gasteiger partial charge on any atom is 0.678 e. The summed E-state index contributed by atoms with van der Waals surface area (Å²) in [5.74, 6) is 0. The molecule has 3 nitrogen and oxygen atoms in total. The zero-order valence-electron chi connectivity index (χ0n) is 57.2. The van der Waals surface area contributed by atoms with Gasteiger partial charge in [-0.1, -0.05) is 315 Å². The SMILES string of the molecule is CC(C)(C)c1ccc(C2=N/C(=C(/c3cccc4c3oc3ccccc34)c3c(-c4ccccc4)c(-c4ccc5c(c4)C(C)(C)c4ccccc4C5(C)C)c(-c4ccc(C(C)(C)C)cc4)n3B(F)F)C(c3ccccc3)=C2c2ccc3c(c2)C(C)(C)c2ccccc2C3(C)C)cc1. The molecule has 95 heavy (non-hydrogen) atoms. The van der Waals surface area contributed by atoms with E-state index < -0.39 is 12.8 Å². The molecule has 0 bridgehead atoms. The van der Waals surface area contributed by atoms with E-state index in [-0.39, 0.29) is 27.1 Å². The molecule has 6 heteroatoms. The van der Waals surface area contributed by atoms with Crippen LogP contribution in [0.1, 0.15) is 181 Å². The van der Waals surface area contributed by atoms with Gasteiger partial charge in [-0.3, -0.25) is 8.63 Å². The summed E-state index contributed by atoms with van der Waals surface area (Å²) < 4.78 is 45.5. The quantitative estimate of drug-likeness (QED) is 0.133. The van der Waals surface area contributed by atoms with Crippen molar-refractivity contribution in [3.05, 3.63) is 326 Å². The zero-order valence-corrected chi connectivity index (χ0v) is 57.2. The van der Waals surface area contributed by atoms with Crippen LogP contribution in [0.15, 0.2) is 252 Å². The molecule has 15 rings (SSSR count). The first kappa shape index (κ1) is 61.5.